The fraction of sp³-hybridized carbons (Fsp3) is 0.857. The lowest BCUT2D eigenvalue weighted by atomic mass is 9.98. The first kappa shape index (κ1) is 14.3. The molecule has 0 radical (unpaired) electrons. The van der Waals surface area contributed by atoms with Crippen molar-refractivity contribution >= 4 is 11.8 Å². The van der Waals surface area contributed by atoms with Gasteiger partial charge in [-0.1, -0.05) is 6.92 Å². The molecule has 5 heteroatoms. The number of carbonyl (C=O) groups excluding carboxylic acids is 2. The summed E-state index contributed by atoms with van der Waals surface area (Å²) in [5, 5.41) is 3.17. The Bertz CT molecular complexity index is 338. The Labute approximate surface area is 115 Å². The number of amides is 2. The highest BCUT2D eigenvalue weighted by Gasteiger charge is 2.31. The summed E-state index contributed by atoms with van der Waals surface area (Å²) in [6, 6.07) is -0.319. The predicted octanol–water partition coefficient (Wildman–Crippen LogP) is 0.455. The number of hydrogen-bond acceptors (Lipinski definition) is 3. The average molecular weight is 267 g/mol. The molecule has 2 rings (SSSR count). The van der Waals surface area contributed by atoms with Crippen molar-refractivity contribution < 1.29 is 9.59 Å². The van der Waals surface area contributed by atoms with E-state index >= 15 is 0 Å². The summed E-state index contributed by atoms with van der Waals surface area (Å²) in [6.07, 6.45) is 2.47. The highest BCUT2D eigenvalue weighted by atomic mass is 16.2. The molecule has 1 atom stereocenters. The van der Waals surface area contributed by atoms with Crippen molar-refractivity contribution in [3.63, 3.8) is 0 Å². The lowest BCUT2D eigenvalue weighted by Crippen LogP contribution is -2.56. The van der Waals surface area contributed by atoms with Crippen molar-refractivity contribution in [2.45, 2.75) is 39.2 Å². The van der Waals surface area contributed by atoms with E-state index in [2.05, 4.69) is 12.2 Å². The predicted molar refractivity (Wildman–Crippen MR) is 73.6 cm³/mol. The quantitative estimate of drug-likeness (QED) is 0.808. The number of hydrogen-bond donors (Lipinski definition) is 1. The molecule has 2 amide bonds. The summed E-state index contributed by atoms with van der Waals surface area (Å²) in [5.41, 5.74) is 0. The summed E-state index contributed by atoms with van der Waals surface area (Å²) >= 11 is 0. The van der Waals surface area contributed by atoms with Crippen LogP contribution in [0.5, 0.6) is 0 Å². The van der Waals surface area contributed by atoms with Crippen molar-refractivity contribution in [3.8, 4) is 0 Å². The second-order valence-electron chi connectivity index (χ2n) is 5.69. The number of nitrogens with zero attached hydrogens (tertiary/aromatic N) is 2. The molecule has 0 bridgehead atoms. The second kappa shape index (κ2) is 6.37. The van der Waals surface area contributed by atoms with Gasteiger partial charge in [0, 0.05) is 32.7 Å². The topological polar surface area (TPSA) is 52.7 Å². The van der Waals surface area contributed by atoms with Gasteiger partial charge in [0.1, 0.15) is 0 Å². The van der Waals surface area contributed by atoms with Crippen LogP contribution in [-0.4, -0.2) is 60.4 Å². The molecule has 1 unspecified atom stereocenters. The minimum Gasteiger partial charge on any atom is -0.343 e. The van der Waals surface area contributed by atoms with Crippen molar-refractivity contribution in [2.75, 3.05) is 32.7 Å². The zero-order valence-corrected chi connectivity index (χ0v) is 12.0. The first-order valence-corrected chi connectivity index (χ1v) is 7.41. The average Bonchev–Trinajstić information content (AvgIpc) is 2.42. The van der Waals surface area contributed by atoms with Crippen LogP contribution in [0.3, 0.4) is 0 Å². The first-order valence-electron chi connectivity index (χ1n) is 7.41. The maximum Gasteiger partial charge on any atom is 0.240 e. The Morgan fingerprint density at radius 3 is 2.63 bits per heavy atom. The smallest absolute Gasteiger partial charge is 0.240 e. The molecule has 2 aliphatic rings. The van der Waals surface area contributed by atoms with Crippen molar-refractivity contribution in [3.05, 3.63) is 0 Å². The molecule has 0 saturated carbocycles. The molecule has 2 saturated heterocycles. The maximum atomic E-state index is 12.2. The Morgan fingerprint density at radius 2 is 2.00 bits per heavy atom. The molecular weight excluding hydrogens is 242 g/mol. The fourth-order valence-electron chi connectivity index (χ4n) is 2.83. The molecule has 0 spiro atoms. The van der Waals surface area contributed by atoms with E-state index in [4.69, 9.17) is 0 Å². The molecule has 1 N–H and O–H groups in total. The molecule has 108 valence electrons. The number of likely N-dealkylation sites (N-methyl/N-ethyl adjacent to an activating group) is 1. The van der Waals surface area contributed by atoms with Crippen LogP contribution >= 0.6 is 0 Å². The van der Waals surface area contributed by atoms with Gasteiger partial charge in [-0.15, -0.1) is 0 Å². The fourth-order valence-corrected chi connectivity index (χ4v) is 2.83. The molecule has 2 heterocycles. The summed E-state index contributed by atoms with van der Waals surface area (Å²) in [7, 11) is 0. The van der Waals surface area contributed by atoms with Crippen LogP contribution in [0.2, 0.25) is 0 Å². The third kappa shape index (κ3) is 3.47. The lowest BCUT2D eigenvalue weighted by Gasteiger charge is -2.35. The van der Waals surface area contributed by atoms with E-state index in [1.807, 2.05) is 16.7 Å². The van der Waals surface area contributed by atoms with Crippen molar-refractivity contribution in [1.82, 2.24) is 15.1 Å². The zero-order chi connectivity index (χ0) is 13.8. The van der Waals surface area contributed by atoms with Gasteiger partial charge in [0.15, 0.2) is 0 Å². The number of rotatable bonds is 3. The van der Waals surface area contributed by atoms with Gasteiger partial charge in [0.25, 0.3) is 0 Å². The molecule has 19 heavy (non-hydrogen) atoms. The molecule has 5 nitrogen and oxygen atoms in total. The summed E-state index contributed by atoms with van der Waals surface area (Å²) < 4.78 is 0. The van der Waals surface area contributed by atoms with Gasteiger partial charge < -0.3 is 15.1 Å². The van der Waals surface area contributed by atoms with E-state index in [0.29, 0.717) is 12.3 Å². The van der Waals surface area contributed by atoms with E-state index < -0.39 is 0 Å². The second-order valence-corrected chi connectivity index (χ2v) is 5.69. The number of nitrogens with one attached hydrogen (secondary N) is 1. The van der Waals surface area contributed by atoms with E-state index in [0.717, 1.165) is 45.6 Å². The SMILES string of the molecule is CCN1CCNC(CC(=O)N2CCC(C)CC2)C1=O. The Kier molecular flexibility index (Phi) is 4.80. The molecule has 2 aliphatic heterocycles. The molecule has 0 aromatic rings. The van der Waals surface area contributed by atoms with Gasteiger partial charge in [0.05, 0.1) is 12.5 Å². The standard InChI is InChI=1S/C14H25N3O2/c1-3-16-9-6-15-12(14(16)19)10-13(18)17-7-4-11(2)5-8-17/h11-12,15H,3-10H2,1-2H3. The molecule has 2 fully saturated rings. The van der Waals surface area contributed by atoms with Crippen molar-refractivity contribution in [1.29, 1.82) is 0 Å². The third-order valence-corrected chi connectivity index (χ3v) is 4.28. The number of likely N-dealkylation sites (tertiary alicyclic amines) is 1. The Morgan fingerprint density at radius 1 is 1.32 bits per heavy atom. The number of carbonyl (C=O) groups is 2. The van der Waals surface area contributed by atoms with Gasteiger partial charge in [0.2, 0.25) is 11.8 Å². The van der Waals surface area contributed by atoms with E-state index in [1.165, 1.54) is 0 Å². The normalized spacial score (nSPS) is 25.8. The molecule has 0 aromatic heterocycles. The maximum absolute atomic E-state index is 12.2. The van der Waals surface area contributed by atoms with Crippen LogP contribution in [-0.2, 0) is 9.59 Å². The van der Waals surface area contributed by atoms with Gasteiger partial charge in [-0.05, 0) is 25.7 Å². The van der Waals surface area contributed by atoms with Crippen LogP contribution in [0.1, 0.15) is 33.1 Å². The van der Waals surface area contributed by atoms with Gasteiger partial charge in [-0.2, -0.15) is 0 Å². The zero-order valence-electron chi connectivity index (χ0n) is 12.0. The van der Waals surface area contributed by atoms with Crippen LogP contribution < -0.4 is 5.32 Å². The monoisotopic (exact) mass is 267 g/mol. The van der Waals surface area contributed by atoms with Crippen LogP contribution in [0.4, 0.5) is 0 Å². The highest BCUT2D eigenvalue weighted by molar-refractivity contribution is 5.89. The molecule has 0 aliphatic carbocycles. The minimum absolute atomic E-state index is 0.0764. The van der Waals surface area contributed by atoms with Gasteiger partial charge in [-0.3, -0.25) is 9.59 Å². The van der Waals surface area contributed by atoms with E-state index in [9.17, 15) is 9.59 Å². The Balaban J connectivity index is 1.86. The van der Waals surface area contributed by atoms with E-state index in [-0.39, 0.29) is 17.9 Å². The van der Waals surface area contributed by atoms with Crippen LogP contribution in [0.25, 0.3) is 0 Å². The number of piperidine rings is 1. The van der Waals surface area contributed by atoms with E-state index in [1.54, 1.807) is 0 Å². The third-order valence-electron chi connectivity index (χ3n) is 4.28. The lowest BCUT2D eigenvalue weighted by molar-refractivity contribution is -0.141. The summed E-state index contributed by atoms with van der Waals surface area (Å²) in [4.78, 5) is 28.1. The highest BCUT2D eigenvalue weighted by Crippen LogP contribution is 2.17. The summed E-state index contributed by atoms with van der Waals surface area (Å²) in [6.45, 7) is 8.17. The minimum atomic E-state index is -0.319. The van der Waals surface area contributed by atoms with Crippen LogP contribution in [0, 0.1) is 5.92 Å². The van der Waals surface area contributed by atoms with Gasteiger partial charge >= 0.3 is 0 Å². The molecule has 0 aromatic carbocycles. The molecular formula is C14H25N3O2. The first-order chi connectivity index (χ1) is 9.11. The van der Waals surface area contributed by atoms with Crippen LogP contribution in [0.15, 0.2) is 0 Å². The van der Waals surface area contributed by atoms with Gasteiger partial charge in [-0.25, -0.2) is 0 Å². The summed E-state index contributed by atoms with van der Waals surface area (Å²) in [5.74, 6) is 0.914. The van der Waals surface area contributed by atoms with Crippen molar-refractivity contribution in [2.24, 2.45) is 5.92 Å². The Hall–Kier alpha value is -1.10. The number of piperazine rings is 1. The largest absolute Gasteiger partial charge is 0.343 e.